The number of rotatable bonds is 3. The van der Waals surface area contributed by atoms with Crippen LogP contribution < -0.4 is 10.6 Å². The van der Waals surface area contributed by atoms with Crippen LogP contribution in [0.1, 0.15) is 32.6 Å². The molecule has 2 aliphatic heterocycles. The number of carbonyl (C=O) groups excluding carboxylic acids is 2. The molecule has 6 nitrogen and oxygen atoms in total. The molecule has 0 aliphatic carbocycles. The number of nitrogens with one attached hydrogen (secondary N) is 2. The summed E-state index contributed by atoms with van der Waals surface area (Å²) in [4.78, 5) is 27.7. The first-order chi connectivity index (χ1) is 10.4. The molecule has 0 spiro atoms. The Morgan fingerprint density at radius 1 is 1.23 bits per heavy atom. The maximum Gasteiger partial charge on any atom is 0.319 e. The lowest BCUT2D eigenvalue weighted by Gasteiger charge is -2.36. The Hall–Kier alpha value is -1.30. The third kappa shape index (κ3) is 4.35. The van der Waals surface area contributed by atoms with Gasteiger partial charge in [0, 0.05) is 39.6 Å². The van der Waals surface area contributed by atoms with E-state index < -0.39 is 0 Å². The summed E-state index contributed by atoms with van der Waals surface area (Å²) in [5.74, 6) is 0.216. The monoisotopic (exact) mass is 310 g/mol. The standard InChI is InChI=1S/C16H30N4O2/c1-16(6-8-17-9-7-16)12-18-14(21)13-4-10-20(11-5-13)15(22)19(2)3/h13,17H,4-12H2,1-3H3,(H,18,21). The fourth-order valence-electron chi connectivity index (χ4n) is 3.27. The summed E-state index contributed by atoms with van der Waals surface area (Å²) in [7, 11) is 3.53. The number of hydrogen-bond donors (Lipinski definition) is 2. The van der Waals surface area contributed by atoms with E-state index in [9.17, 15) is 9.59 Å². The minimum absolute atomic E-state index is 0.0427. The normalized spacial score (nSPS) is 22.2. The zero-order valence-electron chi connectivity index (χ0n) is 14.2. The van der Waals surface area contributed by atoms with E-state index >= 15 is 0 Å². The van der Waals surface area contributed by atoms with Crippen molar-refractivity contribution in [3.8, 4) is 0 Å². The Labute approximate surface area is 133 Å². The highest BCUT2D eigenvalue weighted by Gasteiger charge is 2.31. The molecule has 22 heavy (non-hydrogen) atoms. The third-order valence-corrected chi connectivity index (χ3v) is 5.02. The van der Waals surface area contributed by atoms with Crippen LogP contribution in [0, 0.1) is 11.3 Å². The van der Waals surface area contributed by atoms with Crippen molar-refractivity contribution in [3.63, 3.8) is 0 Å². The lowest BCUT2D eigenvalue weighted by Crippen LogP contribution is -2.48. The van der Waals surface area contributed by atoms with Crippen LogP contribution in [0.2, 0.25) is 0 Å². The van der Waals surface area contributed by atoms with Crippen molar-refractivity contribution in [2.24, 2.45) is 11.3 Å². The van der Waals surface area contributed by atoms with Crippen LogP contribution in [0.25, 0.3) is 0 Å². The largest absolute Gasteiger partial charge is 0.355 e. The van der Waals surface area contributed by atoms with E-state index in [2.05, 4.69) is 17.6 Å². The van der Waals surface area contributed by atoms with E-state index in [0.717, 1.165) is 45.3 Å². The molecule has 2 saturated heterocycles. The van der Waals surface area contributed by atoms with E-state index in [1.807, 2.05) is 4.90 Å². The van der Waals surface area contributed by atoms with E-state index in [-0.39, 0.29) is 23.3 Å². The molecule has 6 heteroatoms. The van der Waals surface area contributed by atoms with Crippen LogP contribution in [0.4, 0.5) is 4.79 Å². The number of likely N-dealkylation sites (tertiary alicyclic amines) is 1. The van der Waals surface area contributed by atoms with Crippen LogP contribution in [0.5, 0.6) is 0 Å². The van der Waals surface area contributed by atoms with Gasteiger partial charge in [-0.05, 0) is 44.2 Å². The molecule has 0 unspecified atom stereocenters. The van der Waals surface area contributed by atoms with Gasteiger partial charge in [-0.15, -0.1) is 0 Å². The van der Waals surface area contributed by atoms with Crippen LogP contribution >= 0.6 is 0 Å². The van der Waals surface area contributed by atoms with Crippen LogP contribution in [-0.4, -0.2) is 68.6 Å². The summed E-state index contributed by atoms with van der Waals surface area (Å²) in [6.45, 7) is 6.46. The average molecular weight is 310 g/mol. The number of urea groups is 1. The molecular weight excluding hydrogens is 280 g/mol. The summed E-state index contributed by atoms with van der Waals surface area (Å²) in [5, 5.41) is 6.51. The van der Waals surface area contributed by atoms with Crippen molar-refractivity contribution < 1.29 is 9.59 Å². The maximum absolute atomic E-state index is 12.4. The highest BCUT2D eigenvalue weighted by molar-refractivity contribution is 5.79. The fraction of sp³-hybridized carbons (Fsp3) is 0.875. The summed E-state index contributed by atoms with van der Waals surface area (Å²) >= 11 is 0. The van der Waals surface area contributed by atoms with Crippen molar-refractivity contribution in [1.82, 2.24) is 20.4 Å². The average Bonchev–Trinajstić information content (AvgIpc) is 2.53. The van der Waals surface area contributed by atoms with E-state index in [0.29, 0.717) is 13.1 Å². The molecule has 3 amide bonds. The minimum atomic E-state index is 0.0427. The smallest absolute Gasteiger partial charge is 0.319 e. The zero-order valence-corrected chi connectivity index (χ0v) is 14.2. The second kappa shape index (κ2) is 7.31. The highest BCUT2D eigenvalue weighted by Crippen LogP contribution is 2.27. The second-order valence-electron chi connectivity index (χ2n) is 7.22. The molecule has 0 aromatic carbocycles. The van der Waals surface area contributed by atoms with Crippen LogP contribution in [-0.2, 0) is 4.79 Å². The van der Waals surface area contributed by atoms with Gasteiger partial charge in [0.2, 0.25) is 5.91 Å². The van der Waals surface area contributed by atoms with Crippen molar-refractivity contribution in [1.29, 1.82) is 0 Å². The molecule has 2 N–H and O–H groups in total. The van der Waals surface area contributed by atoms with Gasteiger partial charge < -0.3 is 20.4 Å². The molecule has 126 valence electrons. The molecule has 2 heterocycles. The van der Waals surface area contributed by atoms with Crippen molar-refractivity contribution in [2.75, 3.05) is 46.8 Å². The molecule has 2 rings (SSSR count). The maximum atomic E-state index is 12.4. The van der Waals surface area contributed by atoms with Gasteiger partial charge in [-0.1, -0.05) is 6.92 Å². The molecular formula is C16H30N4O2. The number of hydrogen-bond acceptors (Lipinski definition) is 3. The van der Waals surface area contributed by atoms with Crippen molar-refractivity contribution in [2.45, 2.75) is 32.6 Å². The SMILES string of the molecule is CN(C)C(=O)N1CCC(C(=O)NCC2(C)CCNCC2)CC1. The van der Waals surface area contributed by atoms with Gasteiger partial charge in [0.25, 0.3) is 0 Å². The second-order valence-corrected chi connectivity index (χ2v) is 7.22. The Balaban J connectivity index is 1.74. The Morgan fingerprint density at radius 2 is 1.82 bits per heavy atom. The number of piperidine rings is 2. The lowest BCUT2D eigenvalue weighted by atomic mass is 9.81. The Kier molecular flexibility index (Phi) is 5.67. The minimum Gasteiger partial charge on any atom is -0.355 e. The van der Waals surface area contributed by atoms with E-state index in [4.69, 9.17) is 0 Å². The van der Waals surface area contributed by atoms with Crippen molar-refractivity contribution >= 4 is 11.9 Å². The molecule has 0 aromatic heterocycles. The molecule has 0 saturated carbocycles. The predicted molar refractivity (Wildman–Crippen MR) is 86.6 cm³/mol. The molecule has 0 atom stereocenters. The Morgan fingerprint density at radius 3 is 2.36 bits per heavy atom. The first-order valence-corrected chi connectivity index (χ1v) is 8.36. The number of nitrogens with zero attached hydrogens (tertiary/aromatic N) is 2. The molecule has 0 radical (unpaired) electrons. The topological polar surface area (TPSA) is 64.7 Å². The van der Waals surface area contributed by atoms with Gasteiger partial charge in [-0.25, -0.2) is 4.79 Å². The van der Waals surface area contributed by atoms with Gasteiger partial charge in [0.1, 0.15) is 0 Å². The summed E-state index contributed by atoms with van der Waals surface area (Å²) < 4.78 is 0. The van der Waals surface area contributed by atoms with Crippen LogP contribution in [0.15, 0.2) is 0 Å². The highest BCUT2D eigenvalue weighted by atomic mass is 16.2. The quantitative estimate of drug-likeness (QED) is 0.813. The van der Waals surface area contributed by atoms with Gasteiger partial charge in [0.05, 0.1) is 0 Å². The summed E-state index contributed by atoms with van der Waals surface area (Å²) in [6, 6.07) is 0.0427. The van der Waals surface area contributed by atoms with Crippen LogP contribution in [0.3, 0.4) is 0 Å². The van der Waals surface area contributed by atoms with Crippen molar-refractivity contribution in [3.05, 3.63) is 0 Å². The van der Waals surface area contributed by atoms with Gasteiger partial charge in [-0.2, -0.15) is 0 Å². The van der Waals surface area contributed by atoms with Gasteiger partial charge in [-0.3, -0.25) is 4.79 Å². The van der Waals surface area contributed by atoms with E-state index in [1.54, 1.807) is 19.0 Å². The Bertz CT molecular complexity index is 397. The van der Waals surface area contributed by atoms with E-state index in [1.165, 1.54) is 0 Å². The molecule has 0 bridgehead atoms. The summed E-state index contributed by atoms with van der Waals surface area (Å²) in [6.07, 6.45) is 3.76. The number of carbonyl (C=O) groups is 2. The fourth-order valence-corrected chi connectivity index (χ4v) is 3.27. The first-order valence-electron chi connectivity index (χ1n) is 8.36. The third-order valence-electron chi connectivity index (χ3n) is 5.02. The van der Waals surface area contributed by atoms with Gasteiger partial charge >= 0.3 is 6.03 Å². The predicted octanol–water partition coefficient (Wildman–Crippen LogP) is 0.886. The van der Waals surface area contributed by atoms with Gasteiger partial charge in [0.15, 0.2) is 0 Å². The first kappa shape index (κ1) is 17.1. The summed E-state index contributed by atoms with van der Waals surface area (Å²) in [5.41, 5.74) is 0.225. The molecule has 0 aromatic rings. The molecule has 2 fully saturated rings. The zero-order chi connectivity index (χ0) is 16.2. The number of amides is 3. The lowest BCUT2D eigenvalue weighted by molar-refractivity contribution is -0.126. The molecule has 2 aliphatic rings.